The van der Waals surface area contributed by atoms with Gasteiger partial charge < -0.3 is 10.6 Å². The summed E-state index contributed by atoms with van der Waals surface area (Å²) in [7, 11) is 0. The van der Waals surface area contributed by atoms with Gasteiger partial charge in [-0.2, -0.15) is 0 Å². The molecule has 0 saturated heterocycles. The Morgan fingerprint density at radius 3 is 2.42 bits per heavy atom. The predicted octanol–water partition coefficient (Wildman–Crippen LogP) is 3.82. The highest BCUT2D eigenvalue weighted by Crippen LogP contribution is 2.26. The van der Waals surface area contributed by atoms with E-state index < -0.39 is 0 Å². The van der Waals surface area contributed by atoms with Gasteiger partial charge >= 0.3 is 0 Å². The number of thiazole rings is 1. The molecule has 0 aliphatic carbocycles. The van der Waals surface area contributed by atoms with Crippen LogP contribution in [0.25, 0.3) is 11.3 Å². The lowest BCUT2D eigenvalue weighted by molar-refractivity contribution is -0.119. The zero-order valence-electron chi connectivity index (χ0n) is 14.5. The normalized spacial score (nSPS) is 11.2. The number of amides is 2. The second-order valence-corrected chi connectivity index (χ2v) is 7.79. The number of aromatic nitrogens is 1. The Bertz CT molecular complexity index is 715. The van der Waals surface area contributed by atoms with E-state index in [1.54, 1.807) is 0 Å². The van der Waals surface area contributed by atoms with Gasteiger partial charge in [0.25, 0.3) is 0 Å². The molecule has 0 radical (unpaired) electrons. The first-order chi connectivity index (χ1) is 11.2. The minimum absolute atomic E-state index is 0.0194. The first kappa shape index (κ1) is 18.1. The average molecular weight is 345 g/mol. The van der Waals surface area contributed by atoms with Gasteiger partial charge in [-0.3, -0.25) is 9.59 Å². The van der Waals surface area contributed by atoms with Crippen molar-refractivity contribution in [3.05, 3.63) is 35.2 Å². The largest absolute Gasteiger partial charge is 0.352 e. The Balaban J connectivity index is 2.00. The van der Waals surface area contributed by atoms with Crippen molar-refractivity contribution in [2.75, 3.05) is 5.32 Å². The fraction of sp³-hybridized carbons (Fsp3) is 0.389. The molecule has 0 aliphatic rings. The molecule has 2 N–H and O–H groups in total. The molecule has 6 heteroatoms. The molecule has 2 amide bonds. The number of rotatable bonds is 5. The third-order valence-electron chi connectivity index (χ3n) is 3.23. The lowest BCUT2D eigenvalue weighted by atomic mass is 9.92. The van der Waals surface area contributed by atoms with E-state index in [2.05, 4.69) is 15.6 Å². The number of nitrogens with one attached hydrogen (secondary N) is 2. The Labute approximate surface area is 146 Å². The van der Waals surface area contributed by atoms with Crippen molar-refractivity contribution in [2.24, 2.45) is 5.41 Å². The standard InChI is InChI=1S/C18H23N3O2S/c1-12(22)19-10-13-5-7-14(8-6-13)15-11-24-17(20-15)21-16(23)9-18(2,3)4/h5-8,11H,9-10H2,1-4H3,(H,19,22)(H,20,21,23). The van der Waals surface area contributed by atoms with Crippen LogP contribution in [-0.4, -0.2) is 16.8 Å². The minimum atomic E-state index is -0.0477. The van der Waals surface area contributed by atoms with Crippen LogP contribution >= 0.6 is 11.3 Å². The fourth-order valence-corrected chi connectivity index (χ4v) is 2.86. The zero-order valence-corrected chi connectivity index (χ0v) is 15.3. The van der Waals surface area contributed by atoms with E-state index >= 15 is 0 Å². The molecule has 0 bridgehead atoms. The second kappa shape index (κ2) is 7.57. The van der Waals surface area contributed by atoms with Crippen molar-refractivity contribution < 1.29 is 9.59 Å². The summed E-state index contributed by atoms with van der Waals surface area (Å²) in [5, 5.41) is 8.16. The third kappa shape index (κ3) is 5.77. The van der Waals surface area contributed by atoms with E-state index in [0.717, 1.165) is 16.8 Å². The maximum atomic E-state index is 12.0. The molecule has 0 aliphatic heterocycles. The Morgan fingerprint density at radius 1 is 1.17 bits per heavy atom. The topological polar surface area (TPSA) is 71.1 Å². The van der Waals surface area contributed by atoms with Crippen molar-refractivity contribution in [2.45, 2.75) is 40.7 Å². The molecule has 2 aromatic rings. The first-order valence-corrected chi connectivity index (χ1v) is 8.70. The van der Waals surface area contributed by atoms with Gasteiger partial charge in [0.15, 0.2) is 5.13 Å². The smallest absolute Gasteiger partial charge is 0.226 e. The molecule has 24 heavy (non-hydrogen) atoms. The summed E-state index contributed by atoms with van der Waals surface area (Å²) in [6.45, 7) is 8.10. The summed E-state index contributed by atoms with van der Waals surface area (Å²) in [4.78, 5) is 27.4. The molecule has 0 saturated carbocycles. The summed E-state index contributed by atoms with van der Waals surface area (Å²) < 4.78 is 0. The van der Waals surface area contributed by atoms with Gasteiger partial charge in [0, 0.05) is 30.8 Å². The summed E-state index contributed by atoms with van der Waals surface area (Å²) in [6, 6.07) is 7.85. The fourth-order valence-electron chi connectivity index (χ4n) is 2.13. The number of hydrogen-bond donors (Lipinski definition) is 2. The van der Waals surface area contributed by atoms with Crippen LogP contribution in [0.15, 0.2) is 29.6 Å². The van der Waals surface area contributed by atoms with E-state index in [9.17, 15) is 9.59 Å². The van der Waals surface area contributed by atoms with E-state index in [1.807, 2.05) is 50.4 Å². The lowest BCUT2D eigenvalue weighted by Gasteiger charge is -2.16. The van der Waals surface area contributed by atoms with Crippen molar-refractivity contribution in [3.63, 3.8) is 0 Å². The second-order valence-electron chi connectivity index (χ2n) is 6.93. The molecule has 1 aromatic heterocycles. The molecule has 0 unspecified atom stereocenters. The number of hydrogen-bond acceptors (Lipinski definition) is 4. The SMILES string of the molecule is CC(=O)NCc1ccc(-c2csc(NC(=O)CC(C)(C)C)n2)cc1. The molecule has 1 aromatic carbocycles. The summed E-state index contributed by atoms with van der Waals surface area (Å²) in [5.74, 6) is -0.0664. The molecule has 5 nitrogen and oxygen atoms in total. The van der Waals surface area contributed by atoms with Crippen molar-refractivity contribution in [3.8, 4) is 11.3 Å². The highest BCUT2D eigenvalue weighted by atomic mass is 32.1. The van der Waals surface area contributed by atoms with Gasteiger partial charge in [-0.05, 0) is 11.0 Å². The molecule has 0 fully saturated rings. The van der Waals surface area contributed by atoms with E-state index in [-0.39, 0.29) is 17.2 Å². The number of carbonyl (C=O) groups excluding carboxylic acids is 2. The van der Waals surface area contributed by atoms with Gasteiger partial charge in [0.05, 0.1) is 5.69 Å². The molecular formula is C18H23N3O2S. The van der Waals surface area contributed by atoms with Gasteiger partial charge in [0.1, 0.15) is 0 Å². The average Bonchev–Trinajstić information content (AvgIpc) is 2.92. The monoisotopic (exact) mass is 345 g/mol. The summed E-state index contributed by atoms with van der Waals surface area (Å²) in [6.07, 6.45) is 0.458. The van der Waals surface area contributed by atoms with Crippen LogP contribution in [0.2, 0.25) is 0 Å². The number of carbonyl (C=O) groups is 2. The lowest BCUT2D eigenvalue weighted by Crippen LogP contribution is -2.19. The van der Waals surface area contributed by atoms with Crippen LogP contribution in [0.3, 0.4) is 0 Å². The maximum absolute atomic E-state index is 12.0. The summed E-state index contributed by atoms with van der Waals surface area (Å²) >= 11 is 1.42. The Kier molecular flexibility index (Phi) is 5.72. The van der Waals surface area contributed by atoms with E-state index in [1.165, 1.54) is 18.3 Å². The van der Waals surface area contributed by atoms with E-state index in [0.29, 0.717) is 18.1 Å². The van der Waals surface area contributed by atoms with Crippen molar-refractivity contribution in [1.82, 2.24) is 10.3 Å². The number of nitrogens with zero attached hydrogens (tertiary/aromatic N) is 1. The molecule has 0 spiro atoms. The molecule has 1 heterocycles. The number of benzene rings is 1. The first-order valence-electron chi connectivity index (χ1n) is 7.82. The van der Waals surface area contributed by atoms with Crippen LogP contribution in [0.1, 0.15) is 39.7 Å². The maximum Gasteiger partial charge on any atom is 0.226 e. The van der Waals surface area contributed by atoms with Gasteiger partial charge in [-0.25, -0.2) is 4.98 Å². The highest BCUT2D eigenvalue weighted by Gasteiger charge is 2.17. The minimum Gasteiger partial charge on any atom is -0.352 e. The van der Waals surface area contributed by atoms with Crippen molar-refractivity contribution >= 4 is 28.3 Å². The van der Waals surface area contributed by atoms with Gasteiger partial charge in [-0.15, -0.1) is 11.3 Å². The molecule has 0 atom stereocenters. The Morgan fingerprint density at radius 2 is 1.83 bits per heavy atom. The summed E-state index contributed by atoms with van der Waals surface area (Å²) in [5.41, 5.74) is 2.79. The van der Waals surface area contributed by atoms with Crippen LogP contribution in [0, 0.1) is 5.41 Å². The van der Waals surface area contributed by atoms with Gasteiger partial charge in [-0.1, -0.05) is 45.0 Å². The third-order valence-corrected chi connectivity index (χ3v) is 3.99. The molecule has 2 rings (SSSR count). The highest BCUT2D eigenvalue weighted by molar-refractivity contribution is 7.14. The number of anilines is 1. The Hall–Kier alpha value is -2.21. The van der Waals surface area contributed by atoms with Crippen LogP contribution in [-0.2, 0) is 16.1 Å². The van der Waals surface area contributed by atoms with Crippen LogP contribution in [0.4, 0.5) is 5.13 Å². The quantitative estimate of drug-likeness (QED) is 0.865. The van der Waals surface area contributed by atoms with Crippen LogP contribution < -0.4 is 10.6 Å². The van der Waals surface area contributed by atoms with E-state index in [4.69, 9.17) is 0 Å². The molecule has 128 valence electrons. The predicted molar refractivity (Wildman–Crippen MR) is 97.8 cm³/mol. The zero-order chi connectivity index (χ0) is 17.7. The molecular weight excluding hydrogens is 322 g/mol. The van der Waals surface area contributed by atoms with Crippen LogP contribution in [0.5, 0.6) is 0 Å². The van der Waals surface area contributed by atoms with Gasteiger partial charge in [0.2, 0.25) is 11.8 Å². The van der Waals surface area contributed by atoms with Crippen molar-refractivity contribution in [1.29, 1.82) is 0 Å².